The van der Waals surface area contributed by atoms with Crippen molar-refractivity contribution in [2.45, 2.75) is 79.2 Å². The van der Waals surface area contributed by atoms with Gasteiger partial charge in [-0.05, 0) is 46.0 Å². The van der Waals surface area contributed by atoms with Crippen LogP contribution in [0.15, 0.2) is 29.9 Å². The SMILES string of the molecule is C/C=C/F.C=CC(C)CNC(O)c1nc(C(CCCC(C)OC)N(CC)C(=O)C(=O)N(C)C)n(C)c(=O)c1O.CC. The summed E-state index contributed by atoms with van der Waals surface area (Å²) in [7, 11) is 6.02. The molecule has 0 bridgehead atoms. The van der Waals surface area contributed by atoms with Crippen molar-refractivity contribution in [3.05, 3.63) is 46.9 Å². The van der Waals surface area contributed by atoms with Crippen LogP contribution in [0, 0.1) is 5.92 Å². The lowest BCUT2D eigenvalue weighted by Gasteiger charge is -2.32. The van der Waals surface area contributed by atoms with E-state index in [1.807, 2.05) is 27.7 Å². The lowest BCUT2D eigenvalue weighted by molar-refractivity contribution is -0.152. The number of methoxy groups -OCH3 is 1. The van der Waals surface area contributed by atoms with E-state index in [-0.39, 0.29) is 30.1 Å². The molecule has 0 fully saturated rings. The molecule has 0 saturated heterocycles. The maximum absolute atomic E-state index is 13.1. The Kier molecular flexibility index (Phi) is 21.1. The van der Waals surface area contributed by atoms with E-state index < -0.39 is 35.4 Å². The predicted molar refractivity (Wildman–Crippen MR) is 160 cm³/mol. The number of aliphatic hydroxyl groups is 1. The summed E-state index contributed by atoms with van der Waals surface area (Å²) in [5, 5.41) is 23.9. The van der Waals surface area contributed by atoms with Gasteiger partial charge >= 0.3 is 11.8 Å². The van der Waals surface area contributed by atoms with Crippen molar-refractivity contribution in [3.8, 4) is 5.75 Å². The third-order valence-electron chi connectivity index (χ3n) is 6.10. The van der Waals surface area contributed by atoms with Crippen LogP contribution < -0.4 is 10.9 Å². The maximum Gasteiger partial charge on any atom is 0.312 e. The number of hydrogen-bond acceptors (Lipinski definition) is 8. The van der Waals surface area contributed by atoms with Crippen LogP contribution in [0.1, 0.15) is 84.6 Å². The average molecular weight is 586 g/mol. The molecule has 1 aromatic heterocycles. The van der Waals surface area contributed by atoms with Crippen molar-refractivity contribution in [1.29, 1.82) is 0 Å². The molecule has 1 heterocycles. The van der Waals surface area contributed by atoms with Gasteiger partial charge < -0.3 is 24.7 Å². The molecule has 3 N–H and O–H groups in total. The van der Waals surface area contributed by atoms with Gasteiger partial charge in [0.2, 0.25) is 5.75 Å². The van der Waals surface area contributed by atoms with E-state index in [1.165, 1.54) is 37.0 Å². The molecule has 236 valence electrons. The molecule has 1 rings (SSSR count). The number of aromatic nitrogens is 2. The second kappa shape index (κ2) is 21.6. The molecule has 0 aromatic carbocycles. The minimum absolute atomic E-state index is 0.0186. The number of amides is 2. The monoisotopic (exact) mass is 585 g/mol. The highest BCUT2D eigenvalue weighted by Gasteiger charge is 2.33. The summed E-state index contributed by atoms with van der Waals surface area (Å²) < 4.78 is 17.0. The highest BCUT2D eigenvalue weighted by Crippen LogP contribution is 2.28. The minimum Gasteiger partial charge on any atom is -0.502 e. The molecule has 1 aromatic rings. The highest BCUT2D eigenvalue weighted by molar-refractivity contribution is 6.34. The topological polar surface area (TPSA) is 137 Å². The van der Waals surface area contributed by atoms with Gasteiger partial charge in [0.15, 0.2) is 6.23 Å². The zero-order valence-electron chi connectivity index (χ0n) is 26.5. The highest BCUT2D eigenvalue weighted by atomic mass is 19.1. The Morgan fingerprint density at radius 3 is 2.22 bits per heavy atom. The van der Waals surface area contributed by atoms with E-state index in [0.717, 1.165) is 4.57 Å². The molecular weight excluding hydrogens is 533 g/mol. The van der Waals surface area contributed by atoms with Gasteiger partial charge in [-0.2, -0.15) is 0 Å². The lowest BCUT2D eigenvalue weighted by Crippen LogP contribution is -2.45. The normalized spacial score (nSPS) is 13.6. The molecule has 11 nitrogen and oxygen atoms in total. The molecule has 0 radical (unpaired) electrons. The van der Waals surface area contributed by atoms with Crippen LogP contribution in [0.3, 0.4) is 0 Å². The maximum atomic E-state index is 13.1. The van der Waals surface area contributed by atoms with E-state index in [2.05, 4.69) is 16.9 Å². The van der Waals surface area contributed by atoms with Gasteiger partial charge in [0.25, 0.3) is 5.56 Å². The van der Waals surface area contributed by atoms with Gasteiger partial charge in [-0.3, -0.25) is 24.3 Å². The van der Waals surface area contributed by atoms with Crippen LogP contribution >= 0.6 is 0 Å². The Morgan fingerprint density at radius 2 is 1.78 bits per heavy atom. The smallest absolute Gasteiger partial charge is 0.312 e. The number of halogens is 1. The van der Waals surface area contributed by atoms with Crippen LogP contribution in [-0.4, -0.2) is 81.8 Å². The van der Waals surface area contributed by atoms with Crippen LogP contribution in [0.25, 0.3) is 0 Å². The first-order valence-electron chi connectivity index (χ1n) is 13.9. The molecule has 0 aliphatic rings. The van der Waals surface area contributed by atoms with Gasteiger partial charge in [0.1, 0.15) is 11.5 Å². The quantitative estimate of drug-likeness (QED) is 0.182. The van der Waals surface area contributed by atoms with Gasteiger partial charge in [0, 0.05) is 41.3 Å². The van der Waals surface area contributed by atoms with Gasteiger partial charge in [-0.1, -0.05) is 32.9 Å². The van der Waals surface area contributed by atoms with Gasteiger partial charge in [-0.15, -0.1) is 6.58 Å². The molecular formula is C29H52FN5O6. The number of nitrogens with zero attached hydrogens (tertiary/aromatic N) is 4. The number of allylic oxidation sites excluding steroid dienone is 1. The van der Waals surface area contributed by atoms with E-state index >= 15 is 0 Å². The summed E-state index contributed by atoms with van der Waals surface area (Å²) in [6.07, 6.45) is 3.77. The summed E-state index contributed by atoms with van der Waals surface area (Å²) in [5.74, 6) is -1.94. The third-order valence-corrected chi connectivity index (χ3v) is 6.10. The second-order valence-electron chi connectivity index (χ2n) is 9.33. The lowest BCUT2D eigenvalue weighted by atomic mass is 10.0. The number of nitrogens with one attached hydrogen (secondary N) is 1. The van der Waals surface area contributed by atoms with E-state index in [9.17, 15) is 29.0 Å². The standard InChI is InChI=1S/C24H41N5O6.C3H5F.C2H6/c1-9-15(3)14-25-21(31)18-19(30)22(32)28(7)20(26-18)17(13-11-12-16(4)35-8)29(10-2)24(34)23(33)27(5)6;1-2-3-4;1-2/h9,15-17,21,25,30-31H,1,10-14H2,2-8H3;2-3H,1H3;1-2H3/b;3-2+;. The molecule has 0 spiro atoms. The summed E-state index contributed by atoms with van der Waals surface area (Å²) >= 11 is 0. The van der Waals surface area contributed by atoms with Crippen LogP contribution in [0.4, 0.5) is 4.39 Å². The van der Waals surface area contributed by atoms with Crippen molar-refractivity contribution in [2.24, 2.45) is 13.0 Å². The van der Waals surface area contributed by atoms with E-state index in [0.29, 0.717) is 32.1 Å². The van der Waals surface area contributed by atoms with Crippen molar-refractivity contribution in [2.75, 3.05) is 34.3 Å². The first kappa shape index (κ1) is 40.1. The van der Waals surface area contributed by atoms with Crippen LogP contribution in [0.5, 0.6) is 5.75 Å². The van der Waals surface area contributed by atoms with Crippen LogP contribution in [0.2, 0.25) is 0 Å². The van der Waals surface area contributed by atoms with Crippen LogP contribution in [-0.2, 0) is 21.4 Å². The second-order valence-corrected chi connectivity index (χ2v) is 9.33. The number of likely N-dealkylation sites (N-methyl/N-ethyl adjacent to an activating group) is 2. The number of aliphatic hydroxyl groups excluding tert-OH is 1. The molecule has 12 heteroatoms. The molecule has 4 atom stereocenters. The van der Waals surface area contributed by atoms with Crippen molar-refractivity contribution < 1.29 is 28.9 Å². The Morgan fingerprint density at radius 1 is 1.22 bits per heavy atom. The fourth-order valence-corrected chi connectivity index (χ4v) is 3.55. The Labute approximate surface area is 244 Å². The Hall–Kier alpha value is -3.09. The van der Waals surface area contributed by atoms with Crippen molar-refractivity contribution in [1.82, 2.24) is 24.7 Å². The summed E-state index contributed by atoms with van der Waals surface area (Å²) in [6.45, 7) is 15.4. The van der Waals surface area contributed by atoms with Crippen molar-refractivity contribution in [3.63, 3.8) is 0 Å². The Balaban J connectivity index is 0. The number of rotatable bonds is 13. The number of carbonyl (C=O) groups excluding carboxylic acids is 2. The van der Waals surface area contributed by atoms with E-state index in [4.69, 9.17) is 4.74 Å². The summed E-state index contributed by atoms with van der Waals surface area (Å²) in [4.78, 5) is 45.4. The number of hydrogen-bond donors (Lipinski definition) is 3. The molecule has 0 aliphatic carbocycles. The minimum atomic E-state index is -1.42. The average Bonchev–Trinajstić information content (AvgIpc) is 2.98. The molecule has 2 amide bonds. The Bertz CT molecular complexity index is 1010. The fraction of sp³-hybridized carbons (Fsp3) is 0.655. The van der Waals surface area contributed by atoms with Gasteiger partial charge in [0.05, 0.1) is 18.5 Å². The van der Waals surface area contributed by atoms with Crippen molar-refractivity contribution >= 4 is 11.8 Å². The molecule has 4 unspecified atom stereocenters. The fourth-order valence-electron chi connectivity index (χ4n) is 3.55. The number of aromatic hydroxyl groups is 1. The zero-order chi connectivity index (χ0) is 32.3. The number of ether oxygens (including phenoxy) is 1. The molecule has 0 aliphatic heterocycles. The molecule has 0 saturated carbocycles. The third kappa shape index (κ3) is 13.0. The largest absolute Gasteiger partial charge is 0.502 e. The van der Waals surface area contributed by atoms with E-state index in [1.54, 1.807) is 27.0 Å². The summed E-state index contributed by atoms with van der Waals surface area (Å²) in [6, 6.07) is -0.753. The number of carbonyl (C=O) groups is 2. The predicted octanol–water partition coefficient (Wildman–Crippen LogP) is 3.59. The summed E-state index contributed by atoms with van der Waals surface area (Å²) in [5.41, 5.74) is -1.00. The first-order valence-corrected chi connectivity index (χ1v) is 13.9. The first-order chi connectivity index (χ1) is 19.3. The van der Waals surface area contributed by atoms with Gasteiger partial charge in [-0.25, -0.2) is 9.37 Å². The zero-order valence-corrected chi connectivity index (χ0v) is 26.5. The molecule has 41 heavy (non-hydrogen) atoms.